The molecule has 0 aliphatic carbocycles. The molecular formula is C21H24N2O3. The molecule has 1 saturated heterocycles. The van der Waals surface area contributed by atoms with E-state index in [1.54, 1.807) is 12.1 Å². The molecule has 0 aromatic heterocycles. The van der Waals surface area contributed by atoms with Gasteiger partial charge >= 0.3 is 5.97 Å². The number of benzene rings is 2. The van der Waals surface area contributed by atoms with E-state index in [0.29, 0.717) is 11.3 Å². The zero-order chi connectivity index (χ0) is 18.5. The first kappa shape index (κ1) is 18.1. The molecule has 136 valence electrons. The molecule has 0 bridgehead atoms. The van der Waals surface area contributed by atoms with E-state index in [4.69, 9.17) is 4.74 Å². The molecule has 0 radical (unpaired) electrons. The van der Waals surface area contributed by atoms with Crippen LogP contribution in [-0.2, 0) is 16.1 Å². The minimum atomic E-state index is -0.410. The summed E-state index contributed by atoms with van der Waals surface area (Å²) in [5, 5.41) is 3.00. The van der Waals surface area contributed by atoms with Crippen molar-refractivity contribution in [3.8, 4) is 0 Å². The zero-order valence-corrected chi connectivity index (χ0v) is 15.2. The molecule has 0 saturated carbocycles. The van der Waals surface area contributed by atoms with Crippen molar-refractivity contribution >= 4 is 17.6 Å². The first-order valence-corrected chi connectivity index (χ1v) is 8.86. The molecule has 1 fully saturated rings. The molecule has 1 aliphatic rings. The Balaban J connectivity index is 1.72. The van der Waals surface area contributed by atoms with Gasteiger partial charge in [-0.2, -0.15) is 0 Å². The highest BCUT2D eigenvalue weighted by atomic mass is 16.5. The van der Waals surface area contributed by atoms with Crippen LogP contribution in [0.1, 0.15) is 34.3 Å². The summed E-state index contributed by atoms with van der Waals surface area (Å²) in [7, 11) is 1.35. The van der Waals surface area contributed by atoms with E-state index in [1.807, 2.05) is 31.2 Å². The molecular weight excluding hydrogens is 328 g/mol. The maximum absolute atomic E-state index is 12.8. The maximum Gasteiger partial charge on any atom is 0.337 e. The lowest BCUT2D eigenvalue weighted by molar-refractivity contribution is -0.120. The number of carbonyl (C=O) groups is 2. The molecule has 0 spiro atoms. The van der Waals surface area contributed by atoms with Crippen LogP contribution in [0.4, 0.5) is 5.69 Å². The Labute approximate surface area is 154 Å². The van der Waals surface area contributed by atoms with Gasteiger partial charge in [-0.1, -0.05) is 36.4 Å². The fourth-order valence-corrected chi connectivity index (χ4v) is 3.35. The number of rotatable bonds is 5. The van der Waals surface area contributed by atoms with Crippen LogP contribution in [0.2, 0.25) is 0 Å². The predicted octanol–water partition coefficient (Wildman–Crippen LogP) is 3.38. The Kier molecular flexibility index (Phi) is 5.68. The Hall–Kier alpha value is -2.66. The SMILES string of the molecule is COC(=O)c1ccc(C)c(NC(=O)C2CCCN2Cc2ccccc2)c1. The second-order valence-corrected chi connectivity index (χ2v) is 6.62. The van der Waals surface area contributed by atoms with E-state index >= 15 is 0 Å². The quantitative estimate of drug-likeness (QED) is 0.838. The lowest BCUT2D eigenvalue weighted by Gasteiger charge is -2.24. The first-order chi connectivity index (χ1) is 12.6. The molecule has 2 aromatic rings. The first-order valence-electron chi connectivity index (χ1n) is 8.86. The van der Waals surface area contributed by atoms with Gasteiger partial charge in [0.1, 0.15) is 0 Å². The van der Waals surface area contributed by atoms with E-state index in [2.05, 4.69) is 22.3 Å². The third-order valence-corrected chi connectivity index (χ3v) is 4.81. The maximum atomic E-state index is 12.8. The van der Waals surface area contributed by atoms with Gasteiger partial charge in [-0.25, -0.2) is 4.79 Å². The normalized spacial score (nSPS) is 17.1. The molecule has 5 heteroatoms. The van der Waals surface area contributed by atoms with Crippen molar-refractivity contribution in [3.63, 3.8) is 0 Å². The number of ether oxygens (including phenoxy) is 1. The predicted molar refractivity (Wildman–Crippen MR) is 101 cm³/mol. The average Bonchev–Trinajstić information content (AvgIpc) is 3.12. The Bertz CT molecular complexity index is 789. The van der Waals surface area contributed by atoms with Crippen LogP contribution >= 0.6 is 0 Å². The van der Waals surface area contributed by atoms with Crippen LogP contribution in [-0.4, -0.2) is 36.5 Å². The number of hydrogen-bond donors (Lipinski definition) is 1. The van der Waals surface area contributed by atoms with E-state index in [9.17, 15) is 9.59 Å². The fourth-order valence-electron chi connectivity index (χ4n) is 3.35. The van der Waals surface area contributed by atoms with Gasteiger partial charge in [-0.3, -0.25) is 9.69 Å². The van der Waals surface area contributed by atoms with Crippen LogP contribution in [0.25, 0.3) is 0 Å². The largest absolute Gasteiger partial charge is 0.465 e. The third kappa shape index (κ3) is 4.11. The highest BCUT2D eigenvalue weighted by molar-refractivity contribution is 5.97. The molecule has 2 aromatic carbocycles. The van der Waals surface area contributed by atoms with Crippen LogP contribution in [0.5, 0.6) is 0 Å². The number of esters is 1. The fraction of sp³-hybridized carbons (Fsp3) is 0.333. The number of anilines is 1. The standard InChI is InChI=1S/C21H24N2O3/c1-15-10-11-17(21(25)26-2)13-18(15)22-20(24)19-9-6-12-23(19)14-16-7-4-3-5-8-16/h3-5,7-8,10-11,13,19H,6,9,12,14H2,1-2H3,(H,22,24). The second-order valence-electron chi connectivity index (χ2n) is 6.62. The van der Waals surface area contributed by atoms with Crippen molar-refractivity contribution in [2.24, 2.45) is 0 Å². The van der Waals surface area contributed by atoms with Gasteiger partial charge in [0, 0.05) is 12.2 Å². The zero-order valence-electron chi connectivity index (χ0n) is 15.2. The smallest absolute Gasteiger partial charge is 0.337 e. The van der Waals surface area contributed by atoms with Gasteiger partial charge in [-0.15, -0.1) is 0 Å². The van der Waals surface area contributed by atoms with Crippen molar-refractivity contribution in [1.29, 1.82) is 0 Å². The van der Waals surface area contributed by atoms with Gasteiger partial charge in [0.2, 0.25) is 5.91 Å². The summed E-state index contributed by atoms with van der Waals surface area (Å²) in [6.07, 6.45) is 1.85. The minimum absolute atomic E-state index is 0.0245. The van der Waals surface area contributed by atoms with Crippen molar-refractivity contribution < 1.29 is 14.3 Å². The highest BCUT2D eigenvalue weighted by Gasteiger charge is 2.30. The van der Waals surface area contributed by atoms with Crippen LogP contribution in [0.3, 0.4) is 0 Å². The highest BCUT2D eigenvalue weighted by Crippen LogP contribution is 2.23. The molecule has 1 N–H and O–H groups in total. The number of aryl methyl sites for hydroxylation is 1. The molecule has 26 heavy (non-hydrogen) atoms. The summed E-state index contributed by atoms with van der Waals surface area (Å²) in [4.78, 5) is 26.8. The number of nitrogens with one attached hydrogen (secondary N) is 1. The van der Waals surface area contributed by atoms with Gasteiger partial charge < -0.3 is 10.1 Å². The molecule has 1 unspecified atom stereocenters. The molecule has 5 nitrogen and oxygen atoms in total. The van der Waals surface area contributed by atoms with Gasteiger partial charge in [0.15, 0.2) is 0 Å². The van der Waals surface area contributed by atoms with E-state index in [-0.39, 0.29) is 11.9 Å². The number of nitrogens with zero attached hydrogens (tertiary/aromatic N) is 1. The number of hydrogen-bond acceptors (Lipinski definition) is 4. The number of methoxy groups -OCH3 is 1. The molecule has 1 amide bonds. The lowest BCUT2D eigenvalue weighted by Crippen LogP contribution is -2.39. The topological polar surface area (TPSA) is 58.6 Å². The molecule has 1 atom stereocenters. The van der Waals surface area contributed by atoms with E-state index in [0.717, 1.165) is 31.5 Å². The second kappa shape index (κ2) is 8.15. The average molecular weight is 352 g/mol. The number of amides is 1. The van der Waals surface area contributed by atoms with E-state index in [1.165, 1.54) is 12.7 Å². The van der Waals surface area contributed by atoms with Gasteiger partial charge in [0.25, 0.3) is 0 Å². The summed E-state index contributed by atoms with van der Waals surface area (Å²) in [6, 6.07) is 15.2. The Morgan fingerprint density at radius 2 is 1.96 bits per heavy atom. The Morgan fingerprint density at radius 1 is 1.19 bits per heavy atom. The molecule has 1 aliphatic heterocycles. The van der Waals surface area contributed by atoms with Gasteiger partial charge in [0.05, 0.1) is 18.7 Å². The summed E-state index contributed by atoms with van der Waals surface area (Å²) < 4.78 is 4.76. The number of likely N-dealkylation sites (tertiary alicyclic amines) is 1. The van der Waals surface area contributed by atoms with Crippen LogP contribution in [0, 0.1) is 6.92 Å². The van der Waals surface area contributed by atoms with E-state index < -0.39 is 5.97 Å². The molecule has 3 rings (SSSR count). The Morgan fingerprint density at radius 3 is 2.69 bits per heavy atom. The van der Waals surface area contributed by atoms with Crippen molar-refractivity contribution in [2.45, 2.75) is 32.4 Å². The molecule has 1 heterocycles. The third-order valence-electron chi connectivity index (χ3n) is 4.81. The minimum Gasteiger partial charge on any atom is -0.465 e. The summed E-state index contributed by atoms with van der Waals surface area (Å²) in [6.45, 7) is 3.58. The summed E-state index contributed by atoms with van der Waals surface area (Å²) in [5.74, 6) is -0.435. The summed E-state index contributed by atoms with van der Waals surface area (Å²) in [5.41, 5.74) is 3.21. The van der Waals surface area contributed by atoms with Crippen molar-refractivity contribution in [1.82, 2.24) is 4.90 Å². The monoisotopic (exact) mass is 352 g/mol. The van der Waals surface area contributed by atoms with Gasteiger partial charge in [-0.05, 0) is 49.6 Å². The van der Waals surface area contributed by atoms with Crippen LogP contribution in [0.15, 0.2) is 48.5 Å². The van der Waals surface area contributed by atoms with Crippen LogP contribution < -0.4 is 5.32 Å². The van der Waals surface area contributed by atoms with Crippen molar-refractivity contribution in [2.75, 3.05) is 19.0 Å². The number of carbonyl (C=O) groups excluding carboxylic acids is 2. The summed E-state index contributed by atoms with van der Waals surface area (Å²) >= 11 is 0. The van der Waals surface area contributed by atoms with Crippen molar-refractivity contribution in [3.05, 3.63) is 65.2 Å². The lowest BCUT2D eigenvalue weighted by atomic mass is 10.1.